The fraction of sp³-hybridized carbons (Fsp3) is 0.400. The number of halogens is 3. The maximum atomic E-state index is 12.6. The Hall–Kier alpha value is -1.48. The molecule has 0 aromatic carbocycles. The van der Waals surface area contributed by atoms with E-state index in [-0.39, 0.29) is 21.7 Å². The third-order valence-electron chi connectivity index (χ3n) is 2.42. The van der Waals surface area contributed by atoms with Crippen LogP contribution in [0.2, 0.25) is 0 Å². The van der Waals surface area contributed by atoms with Crippen molar-refractivity contribution in [3.63, 3.8) is 0 Å². The number of rotatable bonds is 3. The van der Waals surface area contributed by atoms with E-state index in [0.29, 0.717) is 13.2 Å². The molecule has 1 saturated heterocycles. The molecule has 1 aliphatic heterocycles. The summed E-state index contributed by atoms with van der Waals surface area (Å²) < 4.78 is 42.8. The van der Waals surface area contributed by atoms with E-state index < -0.39 is 11.9 Å². The quantitative estimate of drug-likeness (QED) is 0.383. The summed E-state index contributed by atoms with van der Waals surface area (Å²) in [6, 6.07) is 1.95. The molecule has 0 aliphatic carbocycles. The molecule has 9 heteroatoms. The number of aromatic nitrogens is 1. The first-order chi connectivity index (χ1) is 8.91. The molecule has 19 heavy (non-hydrogen) atoms. The predicted octanol–water partition coefficient (Wildman–Crippen LogP) is 1.69. The lowest BCUT2D eigenvalue weighted by molar-refractivity contribution is -0.141. The van der Waals surface area contributed by atoms with Crippen molar-refractivity contribution in [2.24, 2.45) is 10.9 Å². The summed E-state index contributed by atoms with van der Waals surface area (Å²) in [6.07, 6.45) is -4.53. The highest BCUT2D eigenvalue weighted by molar-refractivity contribution is 8.00. The van der Waals surface area contributed by atoms with Crippen LogP contribution in [0.15, 0.2) is 22.3 Å². The lowest BCUT2D eigenvalue weighted by Gasteiger charge is -2.25. The van der Waals surface area contributed by atoms with E-state index in [1.807, 2.05) is 0 Å². The summed E-state index contributed by atoms with van der Waals surface area (Å²) in [5.41, 5.74) is 4.59. The summed E-state index contributed by atoms with van der Waals surface area (Å²) >= 11 is 1.12. The van der Waals surface area contributed by atoms with Crippen LogP contribution in [0.1, 0.15) is 11.3 Å². The third kappa shape index (κ3) is 3.10. The first-order valence-electron chi connectivity index (χ1n) is 5.22. The van der Waals surface area contributed by atoms with Gasteiger partial charge in [0.2, 0.25) is 0 Å². The van der Waals surface area contributed by atoms with Crippen molar-refractivity contribution in [2.75, 3.05) is 13.2 Å². The van der Waals surface area contributed by atoms with Gasteiger partial charge in [0.15, 0.2) is 5.84 Å². The normalized spacial score (nSPS) is 17.3. The van der Waals surface area contributed by atoms with E-state index in [9.17, 15) is 13.2 Å². The predicted molar refractivity (Wildman–Crippen MR) is 62.2 cm³/mol. The van der Waals surface area contributed by atoms with E-state index in [1.165, 1.54) is 0 Å². The summed E-state index contributed by atoms with van der Waals surface area (Å²) in [7, 11) is 0. The molecule has 1 aromatic heterocycles. The summed E-state index contributed by atoms with van der Waals surface area (Å²) in [6.45, 7) is 0.885. The molecule has 2 rings (SSSR count). The molecule has 2 heterocycles. The summed E-state index contributed by atoms with van der Waals surface area (Å²) in [4.78, 5) is 3.55. The highest BCUT2D eigenvalue weighted by Crippen LogP contribution is 2.33. The minimum Gasteiger partial charge on any atom is -0.409 e. The smallest absolute Gasteiger partial charge is 0.409 e. The molecule has 5 nitrogen and oxygen atoms in total. The Morgan fingerprint density at radius 3 is 2.63 bits per heavy atom. The fourth-order valence-corrected chi connectivity index (χ4v) is 2.47. The maximum absolute atomic E-state index is 12.6. The number of hydrogen-bond acceptors (Lipinski definition) is 5. The second-order valence-electron chi connectivity index (χ2n) is 3.81. The van der Waals surface area contributed by atoms with Gasteiger partial charge >= 0.3 is 6.18 Å². The Labute approximate surface area is 110 Å². The van der Waals surface area contributed by atoms with E-state index in [4.69, 9.17) is 15.7 Å². The van der Waals surface area contributed by atoms with Crippen molar-refractivity contribution in [2.45, 2.75) is 16.5 Å². The largest absolute Gasteiger partial charge is 0.433 e. The van der Waals surface area contributed by atoms with Crippen LogP contribution in [0.3, 0.4) is 0 Å². The highest BCUT2D eigenvalue weighted by atomic mass is 32.2. The van der Waals surface area contributed by atoms with Crippen LogP contribution < -0.4 is 5.73 Å². The van der Waals surface area contributed by atoms with Crippen molar-refractivity contribution in [1.29, 1.82) is 0 Å². The third-order valence-corrected chi connectivity index (χ3v) is 3.56. The van der Waals surface area contributed by atoms with Crippen LogP contribution in [-0.2, 0) is 10.9 Å². The number of oxime groups is 1. The number of alkyl halides is 3. The number of pyridine rings is 1. The SMILES string of the molecule is NC(=NO)c1ccc(C(F)(F)F)nc1SC1COC1. The monoisotopic (exact) mass is 293 g/mol. The first-order valence-corrected chi connectivity index (χ1v) is 6.10. The van der Waals surface area contributed by atoms with Crippen LogP contribution in [-0.4, -0.2) is 34.5 Å². The minimum atomic E-state index is -4.53. The zero-order valence-corrected chi connectivity index (χ0v) is 10.3. The second-order valence-corrected chi connectivity index (χ2v) is 5.10. The van der Waals surface area contributed by atoms with Gasteiger partial charge in [-0.3, -0.25) is 0 Å². The number of hydrogen-bond donors (Lipinski definition) is 2. The molecular weight excluding hydrogens is 283 g/mol. The van der Waals surface area contributed by atoms with Crippen molar-refractivity contribution in [3.05, 3.63) is 23.4 Å². The van der Waals surface area contributed by atoms with E-state index in [0.717, 1.165) is 23.9 Å². The van der Waals surface area contributed by atoms with Crippen molar-refractivity contribution >= 4 is 17.6 Å². The van der Waals surface area contributed by atoms with Gasteiger partial charge < -0.3 is 15.7 Å². The minimum absolute atomic E-state index is 0.0289. The van der Waals surface area contributed by atoms with Gasteiger partial charge in [-0.1, -0.05) is 16.9 Å². The zero-order valence-electron chi connectivity index (χ0n) is 9.52. The van der Waals surface area contributed by atoms with Crippen LogP contribution in [0.4, 0.5) is 13.2 Å². The average molecular weight is 293 g/mol. The molecule has 0 bridgehead atoms. The molecule has 0 spiro atoms. The van der Waals surface area contributed by atoms with Gasteiger partial charge in [0, 0.05) is 0 Å². The molecule has 1 fully saturated rings. The molecule has 3 N–H and O–H groups in total. The Bertz CT molecular complexity index is 503. The summed E-state index contributed by atoms with van der Waals surface area (Å²) in [5, 5.41) is 11.5. The molecule has 0 unspecified atom stereocenters. The van der Waals surface area contributed by atoms with Gasteiger partial charge in [0.1, 0.15) is 10.7 Å². The van der Waals surface area contributed by atoms with Crippen LogP contribution in [0, 0.1) is 0 Å². The zero-order chi connectivity index (χ0) is 14.0. The van der Waals surface area contributed by atoms with Gasteiger partial charge in [0.05, 0.1) is 24.0 Å². The topological polar surface area (TPSA) is 80.7 Å². The Kier molecular flexibility index (Phi) is 3.85. The number of nitrogens with two attached hydrogens (primary N) is 1. The molecule has 1 aliphatic rings. The average Bonchev–Trinajstić information content (AvgIpc) is 2.31. The highest BCUT2D eigenvalue weighted by Gasteiger charge is 2.34. The lowest BCUT2D eigenvalue weighted by Crippen LogP contribution is -2.31. The number of amidine groups is 1. The first kappa shape index (κ1) is 13.9. The van der Waals surface area contributed by atoms with Gasteiger partial charge in [0.25, 0.3) is 0 Å². The number of thioether (sulfide) groups is 1. The van der Waals surface area contributed by atoms with Gasteiger partial charge in [-0.05, 0) is 12.1 Å². The van der Waals surface area contributed by atoms with Crippen LogP contribution >= 0.6 is 11.8 Å². The Morgan fingerprint density at radius 2 is 2.16 bits per heavy atom. The van der Waals surface area contributed by atoms with Crippen LogP contribution in [0.25, 0.3) is 0 Å². The van der Waals surface area contributed by atoms with Gasteiger partial charge in [-0.15, -0.1) is 0 Å². The van der Waals surface area contributed by atoms with E-state index >= 15 is 0 Å². The van der Waals surface area contributed by atoms with E-state index in [2.05, 4.69) is 10.1 Å². The fourth-order valence-electron chi connectivity index (χ4n) is 1.38. The summed E-state index contributed by atoms with van der Waals surface area (Å²) in [5.74, 6) is -0.274. The standard InChI is InChI=1S/C10H10F3N3O2S/c11-10(12,13)7-2-1-6(8(14)16-17)9(15-7)19-5-3-18-4-5/h1-2,5,17H,3-4H2,(H2,14,16). The number of nitrogens with zero attached hydrogens (tertiary/aromatic N) is 2. The Balaban J connectivity index is 2.37. The molecule has 0 saturated carbocycles. The molecule has 1 aromatic rings. The second kappa shape index (κ2) is 5.25. The van der Waals surface area contributed by atoms with Crippen molar-refractivity contribution < 1.29 is 23.1 Å². The van der Waals surface area contributed by atoms with E-state index in [1.54, 1.807) is 0 Å². The van der Waals surface area contributed by atoms with Gasteiger partial charge in [-0.2, -0.15) is 13.2 Å². The lowest BCUT2D eigenvalue weighted by atomic mass is 10.2. The number of ether oxygens (including phenoxy) is 1. The molecule has 104 valence electrons. The van der Waals surface area contributed by atoms with Crippen LogP contribution in [0.5, 0.6) is 0 Å². The van der Waals surface area contributed by atoms with Crippen molar-refractivity contribution in [3.8, 4) is 0 Å². The molecule has 0 radical (unpaired) electrons. The molecular formula is C10H10F3N3O2S. The molecule has 0 atom stereocenters. The van der Waals surface area contributed by atoms with Gasteiger partial charge in [-0.25, -0.2) is 4.98 Å². The maximum Gasteiger partial charge on any atom is 0.433 e. The molecule has 0 amide bonds. The Morgan fingerprint density at radius 1 is 1.47 bits per heavy atom. The van der Waals surface area contributed by atoms with Crippen molar-refractivity contribution in [1.82, 2.24) is 4.98 Å².